The van der Waals surface area contributed by atoms with Crippen LogP contribution in [0.1, 0.15) is 34.3 Å². The summed E-state index contributed by atoms with van der Waals surface area (Å²) in [4.78, 5) is 16.6. The zero-order valence-electron chi connectivity index (χ0n) is 18.6. The molecule has 2 heterocycles. The molecule has 8 nitrogen and oxygen atoms in total. The van der Waals surface area contributed by atoms with E-state index in [-0.39, 0.29) is 40.2 Å². The fraction of sp³-hybridized carbons (Fsp3) is 0.318. The second kappa shape index (κ2) is 8.83. The van der Waals surface area contributed by atoms with Crippen LogP contribution in [0.15, 0.2) is 47.5 Å². The van der Waals surface area contributed by atoms with Crippen LogP contribution in [0.25, 0.3) is 5.82 Å². The Labute approximate surface area is 204 Å². The molecular weight excluding hydrogens is 509 g/mol. The van der Waals surface area contributed by atoms with E-state index in [1.54, 1.807) is 26.0 Å². The van der Waals surface area contributed by atoms with Gasteiger partial charge in [-0.1, -0.05) is 23.7 Å². The minimum Gasteiger partial charge on any atom is -0.476 e. The summed E-state index contributed by atoms with van der Waals surface area (Å²) in [6, 6.07) is 8.84. The van der Waals surface area contributed by atoms with Crippen molar-refractivity contribution < 1.29 is 31.1 Å². The van der Waals surface area contributed by atoms with E-state index in [0.29, 0.717) is 11.1 Å². The second-order valence-corrected chi connectivity index (χ2v) is 10.4. The van der Waals surface area contributed by atoms with Gasteiger partial charge in [0.1, 0.15) is 17.2 Å². The van der Waals surface area contributed by atoms with Crippen molar-refractivity contribution in [1.29, 1.82) is 0 Å². The first-order valence-corrected chi connectivity index (χ1v) is 12.2. The number of hydrogen-bond acceptors (Lipinski definition) is 6. The number of hydrogen-bond donors (Lipinski definition) is 1. The number of alkyl halides is 3. The van der Waals surface area contributed by atoms with Gasteiger partial charge in [0.25, 0.3) is 15.9 Å². The maximum absolute atomic E-state index is 13.1. The summed E-state index contributed by atoms with van der Waals surface area (Å²) in [5.41, 5.74) is -0.838. The number of carbonyl (C=O) groups is 1. The molecule has 0 bridgehead atoms. The van der Waals surface area contributed by atoms with Gasteiger partial charge < -0.3 is 4.74 Å². The maximum Gasteiger partial charge on any atom is 0.397 e. The number of rotatable bonds is 7. The molecule has 1 aliphatic carbocycles. The van der Waals surface area contributed by atoms with Crippen LogP contribution in [0.3, 0.4) is 0 Å². The lowest BCUT2D eigenvalue weighted by Crippen LogP contribution is -2.31. The van der Waals surface area contributed by atoms with Gasteiger partial charge in [0, 0.05) is 12.3 Å². The molecule has 0 spiro atoms. The Morgan fingerprint density at radius 3 is 2.54 bits per heavy atom. The highest BCUT2D eigenvalue weighted by Crippen LogP contribution is 2.57. The number of sulfonamides is 1. The summed E-state index contributed by atoms with van der Waals surface area (Å²) in [5, 5.41) is 3.75. The Balaban J connectivity index is 1.47. The van der Waals surface area contributed by atoms with Gasteiger partial charge >= 0.3 is 6.18 Å². The molecule has 1 N–H and O–H groups in total. The van der Waals surface area contributed by atoms with Crippen molar-refractivity contribution in [2.24, 2.45) is 5.41 Å². The Morgan fingerprint density at radius 2 is 1.91 bits per heavy atom. The zero-order chi connectivity index (χ0) is 25.6. The van der Waals surface area contributed by atoms with E-state index in [4.69, 9.17) is 16.3 Å². The Hall–Kier alpha value is -3.12. The number of amides is 1. The minimum atomic E-state index is -4.34. The predicted octanol–water partition coefficient (Wildman–Crippen LogP) is 4.38. The third-order valence-corrected chi connectivity index (χ3v) is 7.45. The highest BCUT2D eigenvalue weighted by atomic mass is 35.5. The third-order valence-electron chi connectivity index (χ3n) is 5.69. The molecular formula is C22H20ClF3N4O4S. The lowest BCUT2D eigenvalue weighted by atomic mass is 10.1. The molecule has 3 aromatic rings. The lowest BCUT2D eigenvalue weighted by Gasteiger charge is -2.18. The highest BCUT2D eigenvalue weighted by Gasteiger charge is 2.64. The molecule has 0 saturated heterocycles. The van der Waals surface area contributed by atoms with Crippen molar-refractivity contribution in [3.05, 3.63) is 64.4 Å². The lowest BCUT2D eigenvalue weighted by molar-refractivity contribution is -0.194. The van der Waals surface area contributed by atoms with Crippen LogP contribution in [0.4, 0.5) is 13.2 Å². The zero-order valence-corrected chi connectivity index (χ0v) is 20.1. The minimum absolute atomic E-state index is 0.0110. The first-order valence-electron chi connectivity index (χ1n) is 10.4. The van der Waals surface area contributed by atoms with E-state index in [1.165, 1.54) is 35.1 Å². The van der Waals surface area contributed by atoms with Crippen molar-refractivity contribution in [3.63, 3.8) is 0 Å². The molecule has 1 aliphatic rings. The maximum atomic E-state index is 13.1. The van der Waals surface area contributed by atoms with Crippen LogP contribution >= 0.6 is 11.6 Å². The number of benzene rings is 1. The van der Waals surface area contributed by atoms with Crippen molar-refractivity contribution in [2.75, 3.05) is 6.61 Å². The molecule has 4 rings (SSSR count). The molecule has 0 radical (unpaired) electrons. The van der Waals surface area contributed by atoms with Gasteiger partial charge in [0.2, 0.25) is 5.88 Å². The molecule has 186 valence electrons. The number of ether oxygens (including phenoxy) is 1. The van der Waals surface area contributed by atoms with E-state index in [0.717, 1.165) is 0 Å². The number of pyridine rings is 1. The Bertz CT molecular complexity index is 1400. The van der Waals surface area contributed by atoms with Crippen molar-refractivity contribution in [3.8, 4) is 11.7 Å². The summed E-state index contributed by atoms with van der Waals surface area (Å²) in [6.45, 7) is 2.80. The number of nitrogens with one attached hydrogen (secondary N) is 1. The molecule has 1 saturated carbocycles. The van der Waals surface area contributed by atoms with Gasteiger partial charge in [0.15, 0.2) is 5.82 Å². The summed E-state index contributed by atoms with van der Waals surface area (Å²) in [5.74, 6) is -0.850. The number of nitrogens with zero attached hydrogens (tertiary/aromatic N) is 3. The van der Waals surface area contributed by atoms with Gasteiger partial charge in [-0.2, -0.15) is 13.2 Å². The van der Waals surface area contributed by atoms with E-state index in [9.17, 15) is 26.4 Å². The summed E-state index contributed by atoms with van der Waals surface area (Å²) in [7, 11) is -4.16. The van der Waals surface area contributed by atoms with Crippen LogP contribution in [-0.4, -0.2) is 41.9 Å². The SMILES string of the molecule is Cc1ccc(C)c(S(=O)(=O)NC(=O)c2ccc(-n3ccc(OCC4(C(F)(F)F)CC4)n3)nc2Cl)c1. The van der Waals surface area contributed by atoms with Gasteiger partial charge in [-0.3, -0.25) is 4.79 Å². The Kier molecular flexibility index (Phi) is 6.30. The number of aromatic nitrogens is 3. The van der Waals surface area contributed by atoms with Gasteiger partial charge in [-0.15, -0.1) is 5.10 Å². The molecule has 1 fully saturated rings. The van der Waals surface area contributed by atoms with E-state index in [1.807, 2.05) is 4.72 Å². The van der Waals surface area contributed by atoms with Crippen molar-refractivity contribution in [1.82, 2.24) is 19.5 Å². The first-order chi connectivity index (χ1) is 16.3. The van der Waals surface area contributed by atoms with Crippen molar-refractivity contribution in [2.45, 2.75) is 37.8 Å². The molecule has 35 heavy (non-hydrogen) atoms. The molecule has 1 aromatic carbocycles. The number of carbonyl (C=O) groups excluding carboxylic acids is 1. The standard InChI is InChI=1S/C22H20ClF3N4O4S/c1-13-3-4-14(2)16(11-13)35(32,33)29-20(31)15-5-6-17(27-19(15)23)30-10-7-18(28-30)34-12-21(8-9-21)22(24,25)26/h3-7,10-11H,8-9,12H2,1-2H3,(H,29,31). The predicted molar refractivity (Wildman–Crippen MR) is 120 cm³/mol. The van der Waals surface area contributed by atoms with E-state index >= 15 is 0 Å². The molecule has 1 amide bonds. The topological polar surface area (TPSA) is 103 Å². The second-order valence-electron chi connectivity index (χ2n) is 8.38. The third kappa shape index (κ3) is 5.13. The molecule has 0 unspecified atom stereocenters. The average Bonchev–Trinajstić information content (AvgIpc) is 3.43. The highest BCUT2D eigenvalue weighted by molar-refractivity contribution is 7.90. The Morgan fingerprint density at radius 1 is 1.20 bits per heavy atom. The molecule has 0 atom stereocenters. The molecule has 0 aliphatic heterocycles. The van der Waals surface area contributed by atoms with Crippen LogP contribution in [-0.2, 0) is 10.0 Å². The normalized spacial score (nSPS) is 15.0. The van der Waals surface area contributed by atoms with E-state index in [2.05, 4.69) is 10.1 Å². The average molecular weight is 529 g/mol. The fourth-order valence-corrected chi connectivity index (χ4v) is 4.87. The van der Waals surface area contributed by atoms with Gasteiger partial charge in [-0.25, -0.2) is 22.8 Å². The molecule has 2 aromatic heterocycles. The van der Waals surface area contributed by atoms with Crippen LogP contribution in [0.2, 0.25) is 5.15 Å². The van der Waals surface area contributed by atoms with Crippen LogP contribution < -0.4 is 9.46 Å². The van der Waals surface area contributed by atoms with Gasteiger partial charge in [-0.05, 0) is 56.0 Å². The summed E-state index contributed by atoms with van der Waals surface area (Å²) >= 11 is 6.13. The van der Waals surface area contributed by atoms with Crippen LogP contribution in [0, 0.1) is 19.3 Å². The molecule has 13 heteroatoms. The quantitative estimate of drug-likeness (QED) is 0.457. The monoisotopic (exact) mass is 528 g/mol. The fourth-order valence-electron chi connectivity index (χ4n) is 3.33. The van der Waals surface area contributed by atoms with Crippen LogP contribution in [0.5, 0.6) is 5.88 Å². The largest absolute Gasteiger partial charge is 0.476 e. The van der Waals surface area contributed by atoms with E-state index < -0.39 is 34.1 Å². The number of halogens is 4. The summed E-state index contributed by atoms with van der Waals surface area (Å²) < 4.78 is 73.0. The van der Waals surface area contributed by atoms with Crippen molar-refractivity contribution >= 4 is 27.5 Å². The summed E-state index contributed by atoms with van der Waals surface area (Å²) in [6.07, 6.45) is -2.91. The number of aryl methyl sites for hydroxylation is 2. The van der Waals surface area contributed by atoms with Gasteiger partial charge in [0.05, 0.1) is 10.5 Å². The smallest absolute Gasteiger partial charge is 0.397 e. The first kappa shape index (κ1) is 25.0.